The van der Waals surface area contributed by atoms with Gasteiger partial charge in [0.1, 0.15) is 19.0 Å². The van der Waals surface area contributed by atoms with Crippen LogP contribution in [0.5, 0.6) is 5.88 Å². The summed E-state index contributed by atoms with van der Waals surface area (Å²) in [7, 11) is 2.08. The number of aromatic nitrogens is 2. The third-order valence-corrected chi connectivity index (χ3v) is 3.30. The summed E-state index contributed by atoms with van der Waals surface area (Å²) in [5.74, 6) is 0.551. The van der Waals surface area contributed by atoms with Crippen molar-refractivity contribution < 1.29 is 13.9 Å². The predicted molar refractivity (Wildman–Crippen MR) is 72.3 cm³/mol. The van der Waals surface area contributed by atoms with Gasteiger partial charge in [-0.1, -0.05) is 6.08 Å². The molecule has 0 saturated heterocycles. The fourth-order valence-electron chi connectivity index (χ4n) is 1.89. The maximum absolute atomic E-state index is 11.8. The molecule has 1 aromatic heterocycles. The highest BCUT2D eigenvalue weighted by Gasteiger charge is 2.18. The Labute approximate surface area is 116 Å². The topological polar surface area (TPSA) is 47.5 Å². The number of hydrogen-bond acceptors (Lipinski definition) is 6. The van der Waals surface area contributed by atoms with Gasteiger partial charge in [0.25, 0.3) is 5.88 Å². The molecule has 1 aliphatic heterocycles. The molecular weight excluding hydrogens is 269 g/mol. The van der Waals surface area contributed by atoms with Crippen LogP contribution in [0.15, 0.2) is 6.08 Å². The summed E-state index contributed by atoms with van der Waals surface area (Å²) in [5, 5.41) is 0. The molecular formula is C12H18FN3O2S. The van der Waals surface area contributed by atoms with Crippen molar-refractivity contribution in [1.29, 1.82) is 0 Å². The van der Waals surface area contributed by atoms with Crippen molar-refractivity contribution >= 4 is 17.3 Å². The van der Waals surface area contributed by atoms with Crippen LogP contribution in [0.25, 0.3) is 5.57 Å². The normalized spacial score (nSPS) is 16.4. The average Bonchev–Trinajstić information content (AvgIpc) is 2.87. The highest BCUT2D eigenvalue weighted by atomic mass is 32.1. The van der Waals surface area contributed by atoms with E-state index in [1.807, 2.05) is 0 Å². The summed E-state index contributed by atoms with van der Waals surface area (Å²) in [6.07, 6.45) is 3.20. The lowest BCUT2D eigenvalue weighted by molar-refractivity contribution is 0.0885. The molecule has 0 bridgehead atoms. The zero-order valence-electron chi connectivity index (χ0n) is 11.0. The first-order valence-electron chi connectivity index (χ1n) is 6.28. The van der Waals surface area contributed by atoms with Crippen LogP contribution in [-0.2, 0) is 4.74 Å². The molecule has 2 rings (SSSR count). The van der Waals surface area contributed by atoms with Crippen molar-refractivity contribution in [3.63, 3.8) is 0 Å². The van der Waals surface area contributed by atoms with Crippen LogP contribution in [0.2, 0.25) is 0 Å². The fourth-order valence-corrected chi connectivity index (χ4v) is 2.42. The van der Waals surface area contributed by atoms with Crippen molar-refractivity contribution in [2.75, 3.05) is 46.6 Å². The maximum atomic E-state index is 11.8. The highest BCUT2D eigenvalue weighted by Crippen LogP contribution is 2.26. The lowest BCUT2D eigenvalue weighted by atomic mass is 10.1. The highest BCUT2D eigenvalue weighted by molar-refractivity contribution is 6.99. The van der Waals surface area contributed by atoms with Gasteiger partial charge in [0, 0.05) is 13.1 Å². The smallest absolute Gasteiger partial charge is 0.253 e. The monoisotopic (exact) mass is 287 g/mol. The zero-order valence-corrected chi connectivity index (χ0v) is 11.8. The number of halogens is 1. The Bertz CT molecular complexity index is 425. The van der Waals surface area contributed by atoms with Gasteiger partial charge in [-0.25, -0.2) is 4.39 Å². The first kappa shape index (κ1) is 14.4. The van der Waals surface area contributed by atoms with Crippen LogP contribution >= 0.6 is 11.7 Å². The summed E-state index contributed by atoms with van der Waals surface area (Å²) >= 11 is 1.14. The first-order chi connectivity index (χ1) is 9.31. The van der Waals surface area contributed by atoms with E-state index in [-0.39, 0.29) is 6.61 Å². The van der Waals surface area contributed by atoms with Crippen molar-refractivity contribution in [2.24, 2.45) is 0 Å². The second-order valence-electron chi connectivity index (χ2n) is 4.32. The molecule has 0 saturated carbocycles. The third kappa shape index (κ3) is 4.22. The number of rotatable bonds is 7. The van der Waals surface area contributed by atoms with Crippen LogP contribution in [-0.4, -0.2) is 60.3 Å². The molecule has 0 spiro atoms. The van der Waals surface area contributed by atoms with Gasteiger partial charge >= 0.3 is 0 Å². The third-order valence-electron chi connectivity index (χ3n) is 2.79. The number of ether oxygens (including phenoxy) is 2. The molecule has 0 aromatic carbocycles. The van der Waals surface area contributed by atoms with Crippen molar-refractivity contribution in [2.45, 2.75) is 6.42 Å². The second-order valence-corrected chi connectivity index (χ2v) is 4.85. The Morgan fingerprint density at radius 2 is 2.26 bits per heavy atom. The quantitative estimate of drug-likeness (QED) is 0.713. The van der Waals surface area contributed by atoms with Gasteiger partial charge in [0.2, 0.25) is 0 Å². The summed E-state index contributed by atoms with van der Waals surface area (Å²) in [4.78, 5) is 2.24. The van der Waals surface area contributed by atoms with Gasteiger partial charge in [-0.3, -0.25) is 0 Å². The first-order valence-corrected chi connectivity index (χ1v) is 7.01. The number of nitrogens with zero attached hydrogens (tertiary/aromatic N) is 3. The van der Waals surface area contributed by atoms with Gasteiger partial charge in [-0.2, -0.15) is 4.37 Å². The van der Waals surface area contributed by atoms with Gasteiger partial charge in [-0.15, -0.1) is 4.37 Å². The summed E-state index contributed by atoms with van der Waals surface area (Å²) < 4.78 is 30.8. The second kappa shape index (κ2) is 7.52. The standard InChI is InChI=1S/C12H18FN3O2S/c1-16-5-2-3-10(9-16)11-12(15-19-14-11)18-8-7-17-6-4-13/h3H,2,4-9H2,1H3. The SMILES string of the molecule is CN1CCC=C(c2nsnc2OCCOCCF)C1. The summed E-state index contributed by atoms with van der Waals surface area (Å²) in [6.45, 7) is 2.29. The Balaban J connectivity index is 1.88. The molecule has 1 aromatic rings. The Hall–Kier alpha value is -1.05. The molecule has 0 amide bonds. The van der Waals surface area contributed by atoms with E-state index in [0.717, 1.165) is 42.5 Å². The van der Waals surface area contributed by atoms with Gasteiger partial charge < -0.3 is 14.4 Å². The van der Waals surface area contributed by atoms with Crippen LogP contribution < -0.4 is 4.74 Å². The lowest BCUT2D eigenvalue weighted by Gasteiger charge is -2.22. The summed E-state index contributed by atoms with van der Waals surface area (Å²) in [6, 6.07) is 0. The van der Waals surface area contributed by atoms with E-state index < -0.39 is 6.67 Å². The van der Waals surface area contributed by atoms with E-state index in [1.54, 1.807) is 0 Å². The molecule has 19 heavy (non-hydrogen) atoms. The minimum Gasteiger partial charge on any atom is -0.473 e. The largest absolute Gasteiger partial charge is 0.473 e. The van der Waals surface area contributed by atoms with Crippen LogP contribution in [0.4, 0.5) is 4.39 Å². The predicted octanol–water partition coefficient (Wildman–Crippen LogP) is 1.62. The van der Waals surface area contributed by atoms with E-state index in [1.165, 1.54) is 0 Å². The molecule has 2 heterocycles. The number of alkyl halides is 1. The number of likely N-dealkylation sites (N-methyl/N-ethyl adjacent to an activating group) is 1. The molecule has 7 heteroatoms. The molecule has 1 aliphatic rings. The summed E-state index contributed by atoms with van der Waals surface area (Å²) in [5.41, 5.74) is 1.98. The maximum Gasteiger partial charge on any atom is 0.253 e. The van der Waals surface area contributed by atoms with Gasteiger partial charge in [0.15, 0.2) is 0 Å². The van der Waals surface area contributed by atoms with E-state index >= 15 is 0 Å². The van der Waals surface area contributed by atoms with Gasteiger partial charge in [0.05, 0.1) is 24.9 Å². The van der Waals surface area contributed by atoms with E-state index in [9.17, 15) is 4.39 Å². The van der Waals surface area contributed by atoms with Crippen LogP contribution in [0.3, 0.4) is 0 Å². The fraction of sp³-hybridized carbons (Fsp3) is 0.667. The van der Waals surface area contributed by atoms with Gasteiger partial charge in [-0.05, 0) is 19.0 Å². The van der Waals surface area contributed by atoms with Crippen molar-refractivity contribution in [3.8, 4) is 5.88 Å². The Kier molecular flexibility index (Phi) is 5.68. The van der Waals surface area contributed by atoms with E-state index in [0.29, 0.717) is 19.1 Å². The molecule has 0 unspecified atom stereocenters. The minimum atomic E-state index is -0.470. The molecule has 0 atom stereocenters. The van der Waals surface area contributed by atoms with Crippen molar-refractivity contribution in [1.82, 2.24) is 13.6 Å². The van der Waals surface area contributed by atoms with E-state index in [2.05, 4.69) is 26.8 Å². The molecule has 0 fully saturated rings. The Morgan fingerprint density at radius 3 is 3.05 bits per heavy atom. The van der Waals surface area contributed by atoms with Crippen LogP contribution in [0, 0.1) is 0 Å². The molecule has 0 N–H and O–H groups in total. The Morgan fingerprint density at radius 1 is 1.37 bits per heavy atom. The average molecular weight is 287 g/mol. The molecule has 5 nitrogen and oxygen atoms in total. The molecule has 0 aliphatic carbocycles. The number of hydrogen-bond donors (Lipinski definition) is 0. The molecule has 0 radical (unpaired) electrons. The molecule has 106 valence electrons. The minimum absolute atomic E-state index is 0.113. The zero-order chi connectivity index (χ0) is 13.5. The van der Waals surface area contributed by atoms with Crippen LogP contribution in [0.1, 0.15) is 12.1 Å². The lowest BCUT2D eigenvalue weighted by Crippen LogP contribution is -2.25. The van der Waals surface area contributed by atoms with E-state index in [4.69, 9.17) is 9.47 Å². The van der Waals surface area contributed by atoms with Crippen molar-refractivity contribution in [3.05, 3.63) is 11.8 Å².